The molecule has 1 amide bonds. The second-order valence-corrected chi connectivity index (χ2v) is 10.9. The van der Waals surface area contributed by atoms with E-state index in [-0.39, 0.29) is 24.2 Å². The Hall–Kier alpha value is -4.46. The van der Waals surface area contributed by atoms with E-state index in [4.69, 9.17) is 23.4 Å². The van der Waals surface area contributed by atoms with Gasteiger partial charge >= 0.3 is 0 Å². The first kappa shape index (κ1) is 26.4. The molecule has 2 unspecified atom stereocenters. The third kappa shape index (κ3) is 4.95. The Labute approximate surface area is 242 Å². The van der Waals surface area contributed by atoms with E-state index in [1.165, 1.54) is 0 Å². The quantitative estimate of drug-likeness (QED) is 0.318. The minimum absolute atomic E-state index is 0.0335. The number of likely N-dealkylation sites (tertiary alicyclic amines) is 1. The van der Waals surface area contributed by atoms with E-state index < -0.39 is 0 Å². The van der Waals surface area contributed by atoms with Crippen molar-refractivity contribution in [2.24, 2.45) is 0 Å². The molecular weight excluding hydrogens is 536 g/mol. The lowest BCUT2D eigenvalue weighted by molar-refractivity contribution is -0.0305. The summed E-state index contributed by atoms with van der Waals surface area (Å²) in [5.41, 5.74) is 4.20. The molecule has 0 N–H and O–H groups in total. The fraction of sp³-hybridized carbons (Fsp3) is 0.375. The summed E-state index contributed by atoms with van der Waals surface area (Å²) in [6, 6.07) is 13.2. The van der Waals surface area contributed by atoms with Gasteiger partial charge in [0.25, 0.3) is 5.91 Å². The average molecular weight is 567 g/mol. The number of furan rings is 1. The number of carbonyl (C=O) groups is 1. The Morgan fingerprint density at radius 3 is 2.57 bits per heavy atom. The van der Waals surface area contributed by atoms with Crippen molar-refractivity contribution in [3.05, 3.63) is 60.0 Å². The van der Waals surface area contributed by atoms with Crippen molar-refractivity contribution >= 4 is 17.0 Å². The lowest BCUT2D eigenvalue weighted by Crippen LogP contribution is -2.46. The number of aromatic nitrogens is 2. The maximum atomic E-state index is 13.2. The number of ether oxygens (including phenoxy) is 4. The lowest BCUT2D eigenvalue weighted by atomic mass is 10.0. The fourth-order valence-electron chi connectivity index (χ4n) is 6.01. The molecule has 6 heterocycles. The number of hydrogen-bond donors (Lipinski definition) is 0. The van der Waals surface area contributed by atoms with Gasteiger partial charge < -0.3 is 28.3 Å². The molecule has 0 radical (unpaired) electrons. The molecule has 3 aliphatic rings. The normalized spacial score (nSPS) is 20.4. The zero-order chi connectivity index (χ0) is 28.6. The topological polar surface area (TPSA) is 120 Å². The summed E-state index contributed by atoms with van der Waals surface area (Å²) in [6.45, 7) is 2.48. The van der Waals surface area contributed by atoms with Gasteiger partial charge in [0.15, 0.2) is 5.58 Å². The monoisotopic (exact) mass is 566 g/mol. The molecule has 3 aromatic heterocycles. The second-order valence-electron chi connectivity index (χ2n) is 10.9. The number of benzene rings is 1. The fourth-order valence-corrected chi connectivity index (χ4v) is 6.01. The molecule has 1 aromatic carbocycles. The Morgan fingerprint density at radius 1 is 1.00 bits per heavy atom. The highest BCUT2D eigenvalue weighted by atomic mass is 16.5. The van der Waals surface area contributed by atoms with Crippen LogP contribution in [0.1, 0.15) is 41.7 Å². The third-order valence-corrected chi connectivity index (χ3v) is 8.19. The minimum Gasteiger partial charge on any atom is -0.496 e. The highest BCUT2D eigenvalue weighted by molar-refractivity contribution is 5.95. The first-order valence-electron chi connectivity index (χ1n) is 14.3. The van der Waals surface area contributed by atoms with Gasteiger partial charge in [-0.3, -0.25) is 14.8 Å². The largest absolute Gasteiger partial charge is 0.496 e. The predicted octanol–water partition coefficient (Wildman–Crippen LogP) is 5.00. The molecule has 7 rings (SSSR count). The summed E-state index contributed by atoms with van der Waals surface area (Å²) < 4.78 is 29.4. The molecular formula is C32H30N4O6. The van der Waals surface area contributed by atoms with Crippen LogP contribution in [-0.4, -0.2) is 72.5 Å². The van der Waals surface area contributed by atoms with Gasteiger partial charge in [-0.25, -0.2) is 0 Å². The van der Waals surface area contributed by atoms with Crippen LogP contribution in [0.3, 0.4) is 0 Å². The predicted molar refractivity (Wildman–Crippen MR) is 152 cm³/mol. The number of nitriles is 1. The summed E-state index contributed by atoms with van der Waals surface area (Å²) in [6.07, 6.45) is 7.12. The molecule has 3 saturated heterocycles. The first-order chi connectivity index (χ1) is 20.6. The van der Waals surface area contributed by atoms with Crippen LogP contribution in [-0.2, 0) is 9.47 Å². The second kappa shape index (κ2) is 11.1. The van der Waals surface area contributed by atoms with E-state index in [9.17, 15) is 10.1 Å². The van der Waals surface area contributed by atoms with Crippen molar-refractivity contribution in [2.45, 2.75) is 44.0 Å². The summed E-state index contributed by atoms with van der Waals surface area (Å²) in [4.78, 5) is 24.1. The molecule has 3 fully saturated rings. The zero-order valence-electron chi connectivity index (χ0n) is 23.2. The van der Waals surface area contributed by atoms with Crippen molar-refractivity contribution in [2.75, 3.05) is 33.4 Å². The number of fused-ring (bicyclic) bond motifs is 3. The van der Waals surface area contributed by atoms with Gasteiger partial charge in [-0.2, -0.15) is 5.26 Å². The number of methoxy groups -OCH3 is 1. The van der Waals surface area contributed by atoms with Crippen LogP contribution in [0.25, 0.3) is 33.6 Å². The third-order valence-electron chi connectivity index (χ3n) is 8.19. The summed E-state index contributed by atoms with van der Waals surface area (Å²) in [5, 5.41) is 9.87. The molecule has 10 nitrogen and oxygen atoms in total. The standard InChI is InChI=1S/C32H30N4O6/c1-38-29-14-27(32(37)36-17-22-3-4-23(18-36)40-22)35-16-25(29)30-13-26-31(42-30)24(6-9-34-26)19-2-5-28(20(12-19)15-33)41-21-7-10-39-11-8-21/h2,5-6,9,12-14,16,21-23H,3-4,7-8,10-11,17-18H2,1H3. The molecule has 4 aromatic rings. The summed E-state index contributed by atoms with van der Waals surface area (Å²) >= 11 is 0. The van der Waals surface area contributed by atoms with Crippen LogP contribution in [0, 0.1) is 11.3 Å². The number of rotatable bonds is 6. The van der Waals surface area contributed by atoms with Crippen LogP contribution in [0.5, 0.6) is 11.5 Å². The van der Waals surface area contributed by atoms with Crippen LogP contribution in [0.15, 0.2) is 53.2 Å². The number of pyridine rings is 2. The average Bonchev–Trinajstić information content (AvgIpc) is 3.63. The lowest BCUT2D eigenvalue weighted by Gasteiger charge is -2.31. The van der Waals surface area contributed by atoms with E-state index in [1.807, 2.05) is 35.2 Å². The van der Waals surface area contributed by atoms with Gasteiger partial charge in [-0.1, -0.05) is 6.07 Å². The van der Waals surface area contributed by atoms with Gasteiger partial charge in [0.1, 0.15) is 40.6 Å². The smallest absolute Gasteiger partial charge is 0.272 e. The number of nitrogens with zero attached hydrogens (tertiary/aromatic N) is 4. The van der Waals surface area contributed by atoms with Gasteiger partial charge in [-0.05, 0) is 36.6 Å². The molecule has 3 aliphatic heterocycles. The molecule has 214 valence electrons. The SMILES string of the molecule is COc1cc(C(=O)N2CC3CCC(C2)O3)ncc1-c1cc2nccc(-c3ccc(OC4CCOCC4)c(C#N)c3)c2o1. The van der Waals surface area contributed by atoms with E-state index in [0.29, 0.717) is 71.5 Å². The van der Waals surface area contributed by atoms with Crippen LogP contribution in [0.2, 0.25) is 0 Å². The van der Waals surface area contributed by atoms with Crippen molar-refractivity contribution in [1.29, 1.82) is 5.26 Å². The number of amides is 1. The molecule has 0 saturated carbocycles. The van der Waals surface area contributed by atoms with Gasteiger partial charge in [-0.15, -0.1) is 0 Å². The Kier molecular flexibility index (Phi) is 6.98. The van der Waals surface area contributed by atoms with Gasteiger partial charge in [0.05, 0.1) is 43.7 Å². The van der Waals surface area contributed by atoms with Crippen molar-refractivity contribution < 1.29 is 28.2 Å². The minimum atomic E-state index is -0.133. The molecule has 42 heavy (non-hydrogen) atoms. The van der Waals surface area contributed by atoms with Gasteiger partial charge in [0.2, 0.25) is 0 Å². The molecule has 0 aliphatic carbocycles. The van der Waals surface area contributed by atoms with Crippen LogP contribution in [0.4, 0.5) is 0 Å². The molecule has 0 spiro atoms. The highest BCUT2D eigenvalue weighted by Crippen LogP contribution is 2.38. The zero-order valence-corrected chi connectivity index (χ0v) is 23.2. The summed E-state index contributed by atoms with van der Waals surface area (Å²) in [5.74, 6) is 1.42. The van der Waals surface area contributed by atoms with Crippen molar-refractivity contribution in [1.82, 2.24) is 14.9 Å². The first-order valence-corrected chi connectivity index (χ1v) is 14.3. The summed E-state index contributed by atoms with van der Waals surface area (Å²) in [7, 11) is 1.56. The maximum Gasteiger partial charge on any atom is 0.272 e. The van der Waals surface area contributed by atoms with E-state index in [0.717, 1.165) is 36.8 Å². The number of hydrogen-bond acceptors (Lipinski definition) is 9. The molecule has 2 bridgehead atoms. The highest BCUT2D eigenvalue weighted by Gasteiger charge is 2.36. The Bertz CT molecular complexity index is 1680. The van der Waals surface area contributed by atoms with Crippen molar-refractivity contribution in [3.8, 4) is 40.0 Å². The molecule has 2 atom stereocenters. The van der Waals surface area contributed by atoms with Crippen molar-refractivity contribution in [3.63, 3.8) is 0 Å². The van der Waals surface area contributed by atoms with Crippen LogP contribution >= 0.6 is 0 Å². The van der Waals surface area contributed by atoms with Crippen LogP contribution < -0.4 is 9.47 Å². The number of carbonyl (C=O) groups excluding carboxylic acids is 1. The van der Waals surface area contributed by atoms with E-state index >= 15 is 0 Å². The van der Waals surface area contributed by atoms with E-state index in [2.05, 4.69) is 16.0 Å². The Balaban J connectivity index is 1.18. The maximum absolute atomic E-state index is 13.2. The Morgan fingerprint density at radius 2 is 1.81 bits per heavy atom. The van der Waals surface area contributed by atoms with E-state index in [1.54, 1.807) is 25.6 Å². The number of morpholine rings is 1. The molecule has 10 heteroatoms. The van der Waals surface area contributed by atoms with Gasteiger partial charge in [0, 0.05) is 56.0 Å².